The molecule has 4 heteroatoms. The molecule has 0 aliphatic carbocycles. The predicted molar refractivity (Wildman–Crippen MR) is 84.8 cm³/mol. The molecule has 0 fully saturated rings. The smallest absolute Gasteiger partial charge is 0.146 e. The van der Waals surface area contributed by atoms with Crippen molar-refractivity contribution in [2.75, 3.05) is 6.54 Å². The lowest BCUT2D eigenvalue weighted by atomic mass is 10.1. The molecule has 0 saturated carbocycles. The fourth-order valence-corrected chi connectivity index (χ4v) is 2.32. The van der Waals surface area contributed by atoms with Crippen LogP contribution in [-0.2, 0) is 0 Å². The number of benzene rings is 2. The van der Waals surface area contributed by atoms with Gasteiger partial charge >= 0.3 is 0 Å². The van der Waals surface area contributed by atoms with Gasteiger partial charge in [0.25, 0.3) is 0 Å². The Kier molecular flexibility index (Phi) is 5.21. The summed E-state index contributed by atoms with van der Waals surface area (Å²) < 4.78 is 19.0. The molecule has 2 aromatic carbocycles. The van der Waals surface area contributed by atoms with Gasteiger partial charge in [0, 0.05) is 12.1 Å². The molecule has 0 saturated heterocycles. The summed E-state index contributed by atoms with van der Waals surface area (Å²) in [6.07, 6.45) is 0. The van der Waals surface area contributed by atoms with E-state index >= 15 is 0 Å². The minimum absolute atomic E-state index is 0.220. The van der Waals surface area contributed by atoms with Crippen molar-refractivity contribution in [3.63, 3.8) is 0 Å². The number of ether oxygens (including phenoxy) is 1. The van der Waals surface area contributed by atoms with Gasteiger partial charge in [0.2, 0.25) is 0 Å². The maximum absolute atomic E-state index is 13.3. The number of aryl methyl sites for hydroxylation is 1. The van der Waals surface area contributed by atoms with E-state index in [1.54, 1.807) is 6.07 Å². The lowest BCUT2D eigenvalue weighted by Crippen LogP contribution is -2.17. The third-order valence-corrected chi connectivity index (χ3v) is 3.63. The molecular weight excluding hydrogens is 289 g/mol. The van der Waals surface area contributed by atoms with E-state index in [2.05, 4.69) is 19.2 Å². The fourth-order valence-electron chi connectivity index (χ4n) is 2.10. The van der Waals surface area contributed by atoms with Gasteiger partial charge in [0.05, 0.1) is 5.02 Å². The summed E-state index contributed by atoms with van der Waals surface area (Å²) in [5, 5.41) is 3.84. The fraction of sp³-hybridized carbons (Fsp3) is 0.294. The summed E-state index contributed by atoms with van der Waals surface area (Å²) in [4.78, 5) is 0. The Morgan fingerprint density at radius 3 is 2.62 bits per heavy atom. The summed E-state index contributed by atoms with van der Waals surface area (Å²) >= 11 is 6.27. The van der Waals surface area contributed by atoms with Crippen LogP contribution in [0.25, 0.3) is 0 Å². The molecule has 1 N–H and O–H groups in total. The van der Waals surface area contributed by atoms with Crippen LogP contribution < -0.4 is 10.1 Å². The van der Waals surface area contributed by atoms with Crippen LogP contribution >= 0.6 is 11.6 Å². The number of nitrogens with one attached hydrogen (secondary N) is 1. The van der Waals surface area contributed by atoms with E-state index in [0.717, 1.165) is 17.7 Å². The minimum Gasteiger partial charge on any atom is -0.455 e. The molecule has 0 spiro atoms. The molecular formula is C17H19ClFNO. The topological polar surface area (TPSA) is 21.3 Å². The van der Waals surface area contributed by atoms with E-state index in [0.29, 0.717) is 16.5 Å². The average molecular weight is 308 g/mol. The van der Waals surface area contributed by atoms with Gasteiger partial charge in [-0.25, -0.2) is 4.39 Å². The van der Waals surface area contributed by atoms with Gasteiger partial charge in [-0.2, -0.15) is 0 Å². The Morgan fingerprint density at radius 1 is 1.19 bits per heavy atom. The molecule has 0 amide bonds. The first kappa shape index (κ1) is 15.8. The van der Waals surface area contributed by atoms with Gasteiger partial charge in [-0.3, -0.25) is 0 Å². The quantitative estimate of drug-likeness (QED) is 0.814. The summed E-state index contributed by atoms with van der Waals surface area (Å²) in [6.45, 7) is 6.89. The van der Waals surface area contributed by atoms with Gasteiger partial charge in [0.1, 0.15) is 17.3 Å². The highest BCUT2D eigenvalue weighted by molar-refractivity contribution is 6.32. The molecule has 2 rings (SSSR count). The van der Waals surface area contributed by atoms with Crippen molar-refractivity contribution >= 4 is 11.6 Å². The zero-order chi connectivity index (χ0) is 15.4. The number of hydrogen-bond acceptors (Lipinski definition) is 2. The van der Waals surface area contributed by atoms with E-state index in [-0.39, 0.29) is 11.9 Å². The standard InChI is InChI=1S/C17H19ClFNO/c1-4-20-12(3)13-6-8-16(15(18)9-13)21-17-10-14(19)7-5-11(17)2/h5-10,12,20H,4H2,1-3H3. The first-order valence-electron chi connectivity index (χ1n) is 6.98. The van der Waals surface area contributed by atoms with Crippen molar-refractivity contribution in [2.45, 2.75) is 26.8 Å². The molecule has 112 valence electrons. The van der Waals surface area contributed by atoms with Crippen LogP contribution in [0.1, 0.15) is 31.0 Å². The van der Waals surface area contributed by atoms with Crippen LogP contribution in [0.3, 0.4) is 0 Å². The maximum atomic E-state index is 13.3. The summed E-state index contributed by atoms with van der Waals surface area (Å²) in [6, 6.07) is 10.3. The van der Waals surface area contributed by atoms with Crippen molar-refractivity contribution < 1.29 is 9.13 Å². The molecule has 0 heterocycles. The van der Waals surface area contributed by atoms with E-state index in [1.165, 1.54) is 12.1 Å². The average Bonchev–Trinajstić information content (AvgIpc) is 2.45. The molecule has 0 aliphatic heterocycles. The molecule has 1 atom stereocenters. The number of rotatable bonds is 5. The van der Waals surface area contributed by atoms with E-state index < -0.39 is 0 Å². The Balaban J connectivity index is 2.23. The van der Waals surface area contributed by atoms with Gasteiger partial charge in [-0.05, 0) is 49.7 Å². The zero-order valence-electron chi connectivity index (χ0n) is 12.4. The van der Waals surface area contributed by atoms with E-state index in [1.807, 2.05) is 25.1 Å². The monoisotopic (exact) mass is 307 g/mol. The summed E-state index contributed by atoms with van der Waals surface area (Å²) in [5.74, 6) is 0.673. The van der Waals surface area contributed by atoms with Crippen LogP contribution in [0.4, 0.5) is 4.39 Å². The highest BCUT2D eigenvalue weighted by Gasteiger charge is 2.10. The normalized spacial score (nSPS) is 12.2. The van der Waals surface area contributed by atoms with Crippen LogP contribution in [-0.4, -0.2) is 6.54 Å². The van der Waals surface area contributed by atoms with Crippen LogP contribution in [0, 0.1) is 12.7 Å². The largest absolute Gasteiger partial charge is 0.455 e. The van der Waals surface area contributed by atoms with Crippen LogP contribution in [0.2, 0.25) is 5.02 Å². The van der Waals surface area contributed by atoms with Crippen molar-refractivity contribution in [3.05, 3.63) is 58.4 Å². The first-order valence-corrected chi connectivity index (χ1v) is 7.36. The Morgan fingerprint density at radius 2 is 1.95 bits per heavy atom. The molecule has 0 bridgehead atoms. The first-order chi connectivity index (χ1) is 10.0. The lowest BCUT2D eigenvalue weighted by molar-refractivity contribution is 0.472. The van der Waals surface area contributed by atoms with Crippen molar-refractivity contribution in [2.24, 2.45) is 0 Å². The molecule has 0 radical (unpaired) electrons. The third-order valence-electron chi connectivity index (χ3n) is 3.34. The van der Waals surface area contributed by atoms with E-state index in [9.17, 15) is 4.39 Å². The third kappa shape index (κ3) is 3.96. The second-order valence-corrected chi connectivity index (χ2v) is 5.39. The SMILES string of the molecule is CCNC(C)c1ccc(Oc2cc(F)ccc2C)c(Cl)c1. The highest BCUT2D eigenvalue weighted by atomic mass is 35.5. The van der Waals surface area contributed by atoms with Gasteiger partial charge in [0.15, 0.2) is 0 Å². The second kappa shape index (κ2) is 6.92. The Labute approximate surface area is 129 Å². The van der Waals surface area contributed by atoms with Crippen molar-refractivity contribution in [1.82, 2.24) is 5.32 Å². The summed E-state index contributed by atoms with van der Waals surface area (Å²) in [5.41, 5.74) is 1.95. The highest BCUT2D eigenvalue weighted by Crippen LogP contribution is 2.33. The molecule has 2 aromatic rings. The van der Waals surface area contributed by atoms with Gasteiger partial charge < -0.3 is 10.1 Å². The van der Waals surface area contributed by atoms with Crippen LogP contribution in [0.15, 0.2) is 36.4 Å². The van der Waals surface area contributed by atoms with Crippen molar-refractivity contribution in [3.8, 4) is 11.5 Å². The number of halogens is 2. The van der Waals surface area contributed by atoms with Gasteiger partial charge in [-0.1, -0.05) is 30.7 Å². The lowest BCUT2D eigenvalue weighted by Gasteiger charge is -2.15. The molecule has 21 heavy (non-hydrogen) atoms. The molecule has 1 unspecified atom stereocenters. The van der Waals surface area contributed by atoms with Crippen molar-refractivity contribution in [1.29, 1.82) is 0 Å². The van der Waals surface area contributed by atoms with Gasteiger partial charge in [-0.15, -0.1) is 0 Å². The predicted octanol–water partition coefficient (Wildman–Crippen LogP) is 5.25. The van der Waals surface area contributed by atoms with Crippen LogP contribution in [0.5, 0.6) is 11.5 Å². The maximum Gasteiger partial charge on any atom is 0.146 e. The number of hydrogen-bond donors (Lipinski definition) is 1. The second-order valence-electron chi connectivity index (χ2n) is 4.98. The molecule has 2 nitrogen and oxygen atoms in total. The zero-order valence-corrected chi connectivity index (χ0v) is 13.2. The Bertz CT molecular complexity index is 630. The Hall–Kier alpha value is -1.58. The minimum atomic E-state index is -0.330. The molecule has 0 aromatic heterocycles. The molecule has 0 aliphatic rings. The summed E-state index contributed by atoms with van der Waals surface area (Å²) in [7, 11) is 0. The van der Waals surface area contributed by atoms with E-state index in [4.69, 9.17) is 16.3 Å².